The van der Waals surface area contributed by atoms with E-state index in [2.05, 4.69) is 20.4 Å². The second-order valence-electron chi connectivity index (χ2n) is 7.74. The van der Waals surface area contributed by atoms with E-state index in [1.165, 1.54) is 29.1 Å². The molecule has 168 valence electrons. The van der Waals surface area contributed by atoms with Crippen LogP contribution >= 0.6 is 0 Å². The van der Waals surface area contributed by atoms with Gasteiger partial charge in [-0.15, -0.1) is 0 Å². The van der Waals surface area contributed by atoms with Crippen LogP contribution in [0.1, 0.15) is 34.5 Å². The van der Waals surface area contributed by atoms with Crippen LogP contribution < -0.4 is 15.8 Å². The first-order chi connectivity index (χ1) is 16.0. The highest BCUT2D eigenvalue weighted by Gasteiger charge is 2.22. The second kappa shape index (κ2) is 8.45. The van der Waals surface area contributed by atoms with Gasteiger partial charge in [0.15, 0.2) is 11.6 Å². The third kappa shape index (κ3) is 4.07. The fourth-order valence-electron chi connectivity index (χ4n) is 3.88. The van der Waals surface area contributed by atoms with Crippen LogP contribution in [-0.2, 0) is 13.0 Å². The topological polar surface area (TPSA) is 108 Å². The molecule has 0 bridgehead atoms. The number of nitrogens with one attached hydrogen (secondary N) is 1. The van der Waals surface area contributed by atoms with Gasteiger partial charge in [0, 0.05) is 18.0 Å². The zero-order chi connectivity index (χ0) is 22.9. The number of nitrogens with two attached hydrogens (primary N) is 1. The van der Waals surface area contributed by atoms with Gasteiger partial charge in [-0.3, -0.25) is 4.79 Å². The number of aromatic nitrogens is 4. The first-order valence-corrected chi connectivity index (χ1v) is 10.5. The van der Waals surface area contributed by atoms with Crippen LogP contribution in [0.2, 0.25) is 0 Å². The summed E-state index contributed by atoms with van der Waals surface area (Å²) in [6.07, 6.45) is 3.85. The van der Waals surface area contributed by atoms with Crippen molar-refractivity contribution in [2.45, 2.75) is 25.8 Å². The van der Waals surface area contributed by atoms with E-state index >= 15 is 0 Å². The Morgan fingerprint density at radius 3 is 2.85 bits per heavy atom. The SMILES string of the molecule is NC(=O)c1cc(F)cc2c1cnn2-c1nc2c(c(NCc3cccc(F)c3)n1)OCCCC2. The van der Waals surface area contributed by atoms with E-state index in [0.717, 1.165) is 24.5 Å². The number of fused-ring (bicyclic) bond motifs is 2. The van der Waals surface area contributed by atoms with Crippen LogP contribution in [0.4, 0.5) is 14.6 Å². The molecule has 2 aromatic carbocycles. The van der Waals surface area contributed by atoms with E-state index in [4.69, 9.17) is 10.5 Å². The zero-order valence-electron chi connectivity index (χ0n) is 17.5. The third-order valence-electron chi connectivity index (χ3n) is 5.44. The molecule has 5 rings (SSSR count). The Morgan fingerprint density at radius 1 is 1.15 bits per heavy atom. The summed E-state index contributed by atoms with van der Waals surface area (Å²) in [7, 11) is 0. The van der Waals surface area contributed by atoms with Crippen LogP contribution in [0.25, 0.3) is 16.9 Å². The fraction of sp³-hybridized carbons (Fsp3) is 0.217. The fourth-order valence-corrected chi connectivity index (χ4v) is 3.88. The molecule has 1 aliphatic rings. The second-order valence-corrected chi connectivity index (χ2v) is 7.74. The van der Waals surface area contributed by atoms with Crippen LogP contribution in [0, 0.1) is 11.6 Å². The molecule has 3 N–H and O–H groups in total. The molecule has 0 spiro atoms. The number of anilines is 1. The van der Waals surface area contributed by atoms with Crippen molar-refractivity contribution >= 4 is 22.6 Å². The normalized spacial score (nSPS) is 13.3. The number of amides is 1. The molecule has 33 heavy (non-hydrogen) atoms. The van der Waals surface area contributed by atoms with Gasteiger partial charge in [0.1, 0.15) is 11.6 Å². The van der Waals surface area contributed by atoms with Gasteiger partial charge in [-0.2, -0.15) is 14.8 Å². The van der Waals surface area contributed by atoms with Crippen LogP contribution in [0.3, 0.4) is 0 Å². The van der Waals surface area contributed by atoms with E-state index in [0.29, 0.717) is 47.7 Å². The van der Waals surface area contributed by atoms with E-state index in [-0.39, 0.29) is 17.3 Å². The minimum Gasteiger partial charge on any atom is -0.488 e. The molecule has 10 heteroatoms. The molecule has 0 radical (unpaired) electrons. The lowest BCUT2D eigenvalue weighted by Crippen LogP contribution is -2.13. The van der Waals surface area contributed by atoms with Gasteiger partial charge in [-0.05, 0) is 43.0 Å². The average Bonchev–Trinajstić information content (AvgIpc) is 3.06. The first-order valence-electron chi connectivity index (χ1n) is 10.5. The van der Waals surface area contributed by atoms with Crippen molar-refractivity contribution in [2.24, 2.45) is 5.73 Å². The van der Waals surface area contributed by atoms with Crippen molar-refractivity contribution in [1.29, 1.82) is 0 Å². The number of halogens is 2. The summed E-state index contributed by atoms with van der Waals surface area (Å²) < 4.78 is 35.1. The van der Waals surface area contributed by atoms with Crippen molar-refractivity contribution in [3.8, 4) is 11.7 Å². The Morgan fingerprint density at radius 2 is 2.03 bits per heavy atom. The minimum absolute atomic E-state index is 0.0267. The van der Waals surface area contributed by atoms with Crippen molar-refractivity contribution in [3.05, 3.63) is 71.1 Å². The summed E-state index contributed by atoms with van der Waals surface area (Å²) in [6, 6.07) is 8.57. The van der Waals surface area contributed by atoms with Gasteiger partial charge in [0.05, 0.1) is 29.6 Å². The molecule has 0 fully saturated rings. The lowest BCUT2D eigenvalue weighted by molar-refractivity contribution is 0.100. The maximum Gasteiger partial charge on any atom is 0.253 e. The number of hydrogen-bond acceptors (Lipinski definition) is 6. The lowest BCUT2D eigenvalue weighted by atomic mass is 10.1. The molecular weight excluding hydrogens is 430 g/mol. The first kappa shape index (κ1) is 20.8. The zero-order valence-corrected chi connectivity index (χ0v) is 17.5. The summed E-state index contributed by atoms with van der Waals surface area (Å²) in [5, 5.41) is 7.89. The predicted octanol–water partition coefficient (Wildman–Crippen LogP) is 3.52. The number of aryl methyl sites for hydroxylation is 1. The Kier molecular flexibility index (Phi) is 5.33. The standard InChI is InChI=1S/C23H20F2N6O2/c24-14-5-3-4-13(8-14)11-27-22-20-18(6-1-2-7-33-20)29-23(30-22)31-19-10-15(25)9-16(21(26)32)17(19)12-28-31/h3-5,8-10,12H,1-2,6-7,11H2,(H2,26,32)(H,27,29,30). The summed E-state index contributed by atoms with van der Waals surface area (Å²) in [4.78, 5) is 21.0. The van der Waals surface area contributed by atoms with Crippen molar-refractivity contribution < 1.29 is 18.3 Å². The van der Waals surface area contributed by atoms with Crippen LogP contribution in [-0.4, -0.2) is 32.3 Å². The number of nitrogens with zero attached hydrogens (tertiary/aromatic N) is 4. The Bertz CT molecular complexity index is 1370. The molecule has 3 heterocycles. The number of carbonyl (C=O) groups excluding carboxylic acids is 1. The van der Waals surface area contributed by atoms with Gasteiger partial charge in [0.2, 0.25) is 5.91 Å². The molecule has 0 saturated carbocycles. The molecule has 4 aromatic rings. The number of carbonyl (C=O) groups is 1. The summed E-state index contributed by atoms with van der Waals surface area (Å²) in [5.74, 6) is -0.558. The number of ether oxygens (including phenoxy) is 1. The number of benzene rings is 2. The summed E-state index contributed by atoms with van der Waals surface area (Å²) in [6.45, 7) is 0.840. The van der Waals surface area contributed by atoms with Gasteiger partial charge in [-0.25, -0.2) is 13.8 Å². The molecule has 2 aromatic heterocycles. The number of rotatable bonds is 5. The van der Waals surface area contributed by atoms with Crippen LogP contribution in [0.5, 0.6) is 5.75 Å². The molecule has 0 atom stereocenters. The largest absolute Gasteiger partial charge is 0.488 e. The Hall–Kier alpha value is -4.08. The molecule has 8 nitrogen and oxygen atoms in total. The third-order valence-corrected chi connectivity index (χ3v) is 5.44. The maximum atomic E-state index is 14.2. The van der Waals surface area contributed by atoms with E-state index < -0.39 is 11.7 Å². The molecular formula is C23H20F2N6O2. The summed E-state index contributed by atoms with van der Waals surface area (Å²) in [5.41, 5.74) is 7.17. The minimum atomic E-state index is -0.757. The number of primary amides is 1. The molecule has 1 aliphatic heterocycles. The highest BCUT2D eigenvalue weighted by molar-refractivity contribution is 6.05. The van der Waals surface area contributed by atoms with Crippen molar-refractivity contribution in [2.75, 3.05) is 11.9 Å². The Labute approximate surface area is 187 Å². The smallest absolute Gasteiger partial charge is 0.253 e. The predicted molar refractivity (Wildman–Crippen MR) is 117 cm³/mol. The Balaban J connectivity index is 1.60. The highest BCUT2D eigenvalue weighted by Crippen LogP contribution is 2.32. The van der Waals surface area contributed by atoms with E-state index in [1.807, 2.05) is 0 Å². The molecule has 0 unspecified atom stereocenters. The lowest BCUT2D eigenvalue weighted by Gasteiger charge is -2.15. The van der Waals surface area contributed by atoms with Crippen molar-refractivity contribution in [1.82, 2.24) is 19.7 Å². The van der Waals surface area contributed by atoms with Gasteiger partial charge in [-0.1, -0.05) is 12.1 Å². The monoisotopic (exact) mass is 450 g/mol. The molecule has 1 amide bonds. The summed E-state index contributed by atoms with van der Waals surface area (Å²) >= 11 is 0. The quantitative estimate of drug-likeness (QED) is 0.482. The number of hydrogen-bond donors (Lipinski definition) is 2. The van der Waals surface area contributed by atoms with Crippen molar-refractivity contribution in [3.63, 3.8) is 0 Å². The van der Waals surface area contributed by atoms with Gasteiger partial charge >= 0.3 is 0 Å². The maximum absolute atomic E-state index is 14.2. The van der Waals surface area contributed by atoms with Gasteiger partial charge < -0.3 is 15.8 Å². The van der Waals surface area contributed by atoms with E-state index in [9.17, 15) is 13.6 Å². The molecule has 0 aliphatic carbocycles. The van der Waals surface area contributed by atoms with Gasteiger partial charge in [0.25, 0.3) is 5.95 Å². The molecule has 0 saturated heterocycles. The highest BCUT2D eigenvalue weighted by atomic mass is 19.1. The average molecular weight is 450 g/mol. The van der Waals surface area contributed by atoms with E-state index in [1.54, 1.807) is 12.1 Å². The van der Waals surface area contributed by atoms with Crippen LogP contribution in [0.15, 0.2) is 42.6 Å².